The Morgan fingerprint density at radius 1 is 1.08 bits per heavy atom. The molecule has 0 aromatic heterocycles. The van der Waals surface area contributed by atoms with Crippen molar-refractivity contribution in [3.05, 3.63) is 59.2 Å². The van der Waals surface area contributed by atoms with Crippen LogP contribution in [0.3, 0.4) is 0 Å². The first-order chi connectivity index (χ1) is 12.7. The zero-order valence-corrected chi connectivity index (χ0v) is 16.1. The summed E-state index contributed by atoms with van der Waals surface area (Å²) in [4.78, 5) is 4.77. The number of hydrogen-bond donors (Lipinski definition) is 0. The maximum absolute atomic E-state index is 5.52. The minimum atomic E-state index is 0.584. The summed E-state index contributed by atoms with van der Waals surface area (Å²) in [5.74, 6) is 2.26. The lowest BCUT2D eigenvalue weighted by Gasteiger charge is -2.27. The fraction of sp³-hybridized carbons (Fsp3) is 0.435. The van der Waals surface area contributed by atoms with E-state index in [-0.39, 0.29) is 0 Å². The molecule has 2 aromatic rings. The van der Waals surface area contributed by atoms with Crippen LogP contribution in [-0.2, 0) is 13.0 Å². The van der Waals surface area contributed by atoms with Gasteiger partial charge in [-0.15, -0.1) is 0 Å². The zero-order valence-electron chi connectivity index (χ0n) is 16.1. The highest BCUT2D eigenvalue weighted by Gasteiger charge is 2.22. The lowest BCUT2D eigenvalue weighted by molar-refractivity contribution is 0.352. The molecule has 0 bridgehead atoms. The zero-order chi connectivity index (χ0) is 18.4. The highest BCUT2D eigenvalue weighted by Crippen LogP contribution is 2.40. The van der Waals surface area contributed by atoms with Crippen molar-refractivity contribution in [1.82, 2.24) is 0 Å². The van der Waals surface area contributed by atoms with Crippen LogP contribution < -0.4 is 9.47 Å². The van der Waals surface area contributed by atoms with E-state index < -0.39 is 0 Å². The number of ether oxygens (including phenoxy) is 2. The van der Waals surface area contributed by atoms with Gasteiger partial charge in [-0.25, -0.2) is 0 Å². The summed E-state index contributed by atoms with van der Waals surface area (Å²) in [6, 6.07) is 14.8. The SMILES string of the molecule is COc1cc2c(cc1OC)C(CCC(C)=NCc1ccccc1)CCC2. The summed E-state index contributed by atoms with van der Waals surface area (Å²) in [5.41, 5.74) is 5.36. The molecule has 0 amide bonds. The molecule has 3 rings (SSSR count). The van der Waals surface area contributed by atoms with Gasteiger partial charge in [0.1, 0.15) is 0 Å². The van der Waals surface area contributed by atoms with Gasteiger partial charge >= 0.3 is 0 Å². The van der Waals surface area contributed by atoms with Crippen LogP contribution in [0.4, 0.5) is 0 Å². The van der Waals surface area contributed by atoms with Gasteiger partial charge in [0, 0.05) is 5.71 Å². The van der Waals surface area contributed by atoms with Crippen LogP contribution >= 0.6 is 0 Å². The van der Waals surface area contributed by atoms with E-state index >= 15 is 0 Å². The normalized spacial score (nSPS) is 16.9. The molecule has 3 nitrogen and oxygen atoms in total. The Hall–Kier alpha value is -2.29. The first-order valence-electron chi connectivity index (χ1n) is 9.50. The van der Waals surface area contributed by atoms with E-state index in [2.05, 4.69) is 43.3 Å². The van der Waals surface area contributed by atoms with Crippen LogP contribution in [0.1, 0.15) is 55.2 Å². The number of benzene rings is 2. The molecule has 26 heavy (non-hydrogen) atoms. The van der Waals surface area contributed by atoms with Crippen molar-refractivity contribution < 1.29 is 9.47 Å². The summed E-state index contributed by atoms with van der Waals surface area (Å²) < 4.78 is 11.0. The third-order valence-corrected chi connectivity index (χ3v) is 5.31. The average molecular weight is 351 g/mol. The number of methoxy groups -OCH3 is 2. The van der Waals surface area contributed by atoms with Crippen LogP contribution in [0.2, 0.25) is 0 Å². The van der Waals surface area contributed by atoms with Gasteiger partial charge in [0.05, 0.1) is 20.8 Å². The number of fused-ring (bicyclic) bond motifs is 1. The summed E-state index contributed by atoms with van der Waals surface area (Å²) in [5, 5.41) is 0. The predicted octanol–water partition coefficient (Wildman–Crippen LogP) is 5.57. The van der Waals surface area contributed by atoms with Gasteiger partial charge in [0.25, 0.3) is 0 Å². The van der Waals surface area contributed by atoms with E-state index in [1.54, 1.807) is 14.2 Å². The Morgan fingerprint density at radius 2 is 1.81 bits per heavy atom. The fourth-order valence-corrected chi connectivity index (χ4v) is 3.80. The molecule has 138 valence electrons. The quantitative estimate of drug-likeness (QED) is 0.611. The molecule has 2 aromatic carbocycles. The van der Waals surface area contributed by atoms with E-state index in [0.29, 0.717) is 5.92 Å². The molecular weight excluding hydrogens is 322 g/mol. The maximum atomic E-state index is 5.52. The Balaban J connectivity index is 1.66. The summed E-state index contributed by atoms with van der Waals surface area (Å²) in [6.07, 6.45) is 5.81. The Bertz CT molecular complexity index is 752. The smallest absolute Gasteiger partial charge is 0.161 e. The van der Waals surface area contributed by atoms with E-state index in [0.717, 1.165) is 37.3 Å². The minimum absolute atomic E-state index is 0.584. The Morgan fingerprint density at radius 3 is 2.54 bits per heavy atom. The Kier molecular flexibility index (Phi) is 6.32. The van der Waals surface area contributed by atoms with Crippen LogP contribution in [0, 0.1) is 0 Å². The van der Waals surface area contributed by atoms with Crippen LogP contribution in [-0.4, -0.2) is 19.9 Å². The highest BCUT2D eigenvalue weighted by atomic mass is 16.5. The second-order valence-corrected chi connectivity index (χ2v) is 7.07. The summed E-state index contributed by atoms with van der Waals surface area (Å²) in [7, 11) is 3.42. The second-order valence-electron chi connectivity index (χ2n) is 7.07. The van der Waals surface area contributed by atoms with Crippen molar-refractivity contribution in [3.8, 4) is 11.5 Å². The lowest BCUT2D eigenvalue weighted by atomic mass is 9.80. The monoisotopic (exact) mass is 351 g/mol. The number of rotatable bonds is 7. The van der Waals surface area contributed by atoms with Gasteiger partial charge in [-0.2, -0.15) is 0 Å². The lowest BCUT2D eigenvalue weighted by Crippen LogP contribution is -2.12. The molecule has 0 spiro atoms. The molecule has 1 aliphatic rings. The molecule has 0 N–H and O–H groups in total. The number of aliphatic imine (C=N–C) groups is 1. The molecule has 1 unspecified atom stereocenters. The molecule has 3 heteroatoms. The van der Waals surface area contributed by atoms with E-state index in [4.69, 9.17) is 14.5 Å². The third kappa shape index (κ3) is 4.46. The van der Waals surface area contributed by atoms with Crippen LogP contribution in [0.15, 0.2) is 47.5 Å². The maximum Gasteiger partial charge on any atom is 0.161 e. The standard InChI is InChI=1S/C23H29NO2/c1-17(24-16-18-8-5-4-6-9-18)12-13-19-10-7-11-20-14-22(25-2)23(26-3)15-21(19)20/h4-6,8-9,14-15,19H,7,10-13,16H2,1-3H3. The van der Waals surface area contributed by atoms with E-state index in [9.17, 15) is 0 Å². The van der Waals surface area contributed by atoms with Gasteiger partial charge in [0.2, 0.25) is 0 Å². The summed E-state index contributed by atoms with van der Waals surface area (Å²) in [6.45, 7) is 2.93. The van der Waals surface area contributed by atoms with E-state index in [1.165, 1.54) is 35.2 Å². The van der Waals surface area contributed by atoms with Gasteiger partial charge in [-0.1, -0.05) is 30.3 Å². The van der Waals surface area contributed by atoms with Crippen molar-refractivity contribution in [2.75, 3.05) is 14.2 Å². The van der Waals surface area contributed by atoms with Crippen molar-refractivity contribution in [3.63, 3.8) is 0 Å². The van der Waals surface area contributed by atoms with Crippen molar-refractivity contribution >= 4 is 5.71 Å². The predicted molar refractivity (Wildman–Crippen MR) is 108 cm³/mol. The van der Waals surface area contributed by atoms with Crippen molar-refractivity contribution in [1.29, 1.82) is 0 Å². The second kappa shape index (κ2) is 8.88. The van der Waals surface area contributed by atoms with Crippen molar-refractivity contribution in [2.24, 2.45) is 4.99 Å². The van der Waals surface area contributed by atoms with Gasteiger partial charge in [-0.05, 0) is 73.8 Å². The van der Waals surface area contributed by atoms with Crippen LogP contribution in [0.5, 0.6) is 11.5 Å². The van der Waals surface area contributed by atoms with Crippen molar-refractivity contribution in [2.45, 2.75) is 51.5 Å². The number of hydrogen-bond acceptors (Lipinski definition) is 3. The molecule has 1 aliphatic carbocycles. The first-order valence-corrected chi connectivity index (χ1v) is 9.50. The van der Waals surface area contributed by atoms with Gasteiger partial charge in [0.15, 0.2) is 11.5 Å². The molecule has 0 saturated heterocycles. The van der Waals surface area contributed by atoms with Gasteiger partial charge in [-0.3, -0.25) is 4.99 Å². The molecule has 0 radical (unpaired) electrons. The molecule has 0 heterocycles. The summed E-state index contributed by atoms with van der Waals surface area (Å²) >= 11 is 0. The topological polar surface area (TPSA) is 30.8 Å². The largest absolute Gasteiger partial charge is 0.493 e. The molecule has 0 saturated carbocycles. The highest BCUT2D eigenvalue weighted by molar-refractivity contribution is 5.81. The first kappa shape index (κ1) is 18.5. The van der Waals surface area contributed by atoms with Crippen LogP contribution in [0.25, 0.3) is 0 Å². The molecule has 0 aliphatic heterocycles. The molecule has 1 atom stereocenters. The fourth-order valence-electron chi connectivity index (χ4n) is 3.80. The van der Waals surface area contributed by atoms with E-state index in [1.807, 2.05) is 6.07 Å². The minimum Gasteiger partial charge on any atom is -0.493 e. The molecular formula is C23H29NO2. The molecule has 0 fully saturated rings. The number of aryl methyl sites for hydroxylation is 1. The Labute approximate surface area is 157 Å². The van der Waals surface area contributed by atoms with Gasteiger partial charge < -0.3 is 9.47 Å². The third-order valence-electron chi connectivity index (χ3n) is 5.31. The average Bonchev–Trinajstić information content (AvgIpc) is 2.70. The number of nitrogens with zero attached hydrogens (tertiary/aromatic N) is 1.